The summed E-state index contributed by atoms with van der Waals surface area (Å²) in [5.74, 6) is -1.20. The van der Waals surface area contributed by atoms with Crippen molar-refractivity contribution in [3.63, 3.8) is 0 Å². The number of sulfonamides is 1. The molecule has 0 radical (unpaired) electrons. The van der Waals surface area contributed by atoms with Gasteiger partial charge in [0.1, 0.15) is 10.7 Å². The zero-order valence-corrected chi connectivity index (χ0v) is 15.3. The van der Waals surface area contributed by atoms with Crippen LogP contribution in [0.5, 0.6) is 0 Å². The maximum Gasteiger partial charge on any atom is 0.416 e. The molecule has 0 spiro atoms. The number of hydrogen-bond acceptors (Lipinski definition) is 3. The Hall–Kier alpha value is -1.97. The van der Waals surface area contributed by atoms with Crippen LogP contribution in [-0.2, 0) is 16.2 Å². The molecule has 0 aromatic heterocycles. The molecule has 0 aliphatic carbocycles. The van der Waals surface area contributed by atoms with E-state index in [2.05, 4.69) is 0 Å². The maximum absolute atomic E-state index is 14.2. The Balaban J connectivity index is 2.07. The number of rotatable bonds is 3. The average molecular weight is 402 g/mol. The van der Waals surface area contributed by atoms with Gasteiger partial charge in [-0.1, -0.05) is 30.3 Å². The lowest BCUT2D eigenvalue weighted by Gasteiger charge is -2.39. The SMILES string of the molecule is CN1CCN(S(=O)(=O)c2cc(C(F)(F)F)ccc2F)C(c2ccccc2)C1. The second-order valence-electron chi connectivity index (χ2n) is 6.45. The van der Waals surface area contributed by atoms with Gasteiger partial charge in [-0.25, -0.2) is 12.8 Å². The molecule has 1 fully saturated rings. The highest BCUT2D eigenvalue weighted by Crippen LogP contribution is 2.35. The van der Waals surface area contributed by atoms with Gasteiger partial charge in [0.25, 0.3) is 0 Å². The van der Waals surface area contributed by atoms with Crippen LogP contribution in [0.2, 0.25) is 0 Å². The highest BCUT2D eigenvalue weighted by molar-refractivity contribution is 7.89. The van der Waals surface area contributed by atoms with Crippen molar-refractivity contribution in [2.45, 2.75) is 17.1 Å². The highest BCUT2D eigenvalue weighted by atomic mass is 32.2. The predicted octanol–water partition coefficient (Wildman–Crippen LogP) is 3.52. The molecule has 4 nitrogen and oxygen atoms in total. The minimum absolute atomic E-state index is 0.0497. The van der Waals surface area contributed by atoms with Gasteiger partial charge in [-0.2, -0.15) is 17.5 Å². The molecule has 1 unspecified atom stereocenters. The average Bonchev–Trinajstić information content (AvgIpc) is 2.61. The number of hydrogen-bond donors (Lipinski definition) is 0. The van der Waals surface area contributed by atoms with Crippen molar-refractivity contribution in [3.05, 3.63) is 65.5 Å². The molecule has 1 heterocycles. The second-order valence-corrected chi connectivity index (χ2v) is 8.31. The van der Waals surface area contributed by atoms with Crippen LogP contribution in [0.25, 0.3) is 0 Å². The lowest BCUT2D eigenvalue weighted by atomic mass is 10.1. The number of benzene rings is 2. The molecule has 0 amide bonds. The number of piperazine rings is 1. The molecule has 0 saturated carbocycles. The predicted molar refractivity (Wildman–Crippen MR) is 92.0 cm³/mol. The Morgan fingerprint density at radius 1 is 1.04 bits per heavy atom. The van der Waals surface area contributed by atoms with Gasteiger partial charge in [0, 0.05) is 19.6 Å². The van der Waals surface area contributed by atoms with E-state index in [1.807, 2.05) is 11.9 Å². The van der Waals surface area contributed by atoms with E-state index in [1.54, 1.807) is 30.3 Å². The number of halogens is 4. The van der Waals surface area contributed by atoms with Crippen molar-refractivity contribution in [3.8, 4) is 0 Å². The van der Waals surface area contributed by atoms with E-state index < -0.39 is 38.5 Å². The summed E-state index contributed by atoms with van der Waals surface area (Å²) in [6, 6.07) is 9.59. The quantitative estimate of drug-likeness (QED) is 0.738. The molecule has 1 aliphatic rings. The first kappa shape index (κ1) is 19.8. The third-order valence-electron chi connectivity index (χ3n) is 4.56. The summed E-state index contributed by atoms with van der Waals surface area (Å²) in [5, 5.41) is 0. The minimum atomic E-state index is -4.76. The van der Waals surface area contributed by atoms with E-state index in [4.69, 9.17) is 0 Å². The number of likely N-dealkylation sites (N-methyl/N-ethyl adjacent to an activating group) is 1. The van der Waals surface area contributed by atoms with Gasteiger partial charge in [-0.05, 0) is 30.8 Å². The van der Waals surface area contributed by atoms with Gasteiger partial charge in [0.2, 0.25) is 10.0 Å². The smallest absolute Gasteiger partial charge is 0.303 e. The van der Waals surface area contributed by atoms with Crippen LogP contribution in [0, 0.1) is 5.82 Å². The second kappa shape index (κ2) is 7.21. The molecule has 2 aromatic carbocycles. The summed E-state index contributed by atoms with van der Waals surface area (Å²) in [5.41, 5.74) is -0.507. The lowest BCUT2D eigenvalue weighted by molar-refractivity contribution is -0.137. The Morgan fingerprint density at radius 2 is 1.70 bits per heavy atom. The molecule has 146 valence electrons. The van der Waals surface area contributed by atoms with E-state index in [1.165, 1.54) is 0 Å². The van der Waals surface area contributed by atoms with Crippen LogP contribution in [0.3, 0.4) is 0 Å². The van der Waals surface area contributed by atoms with Crippen molar-refractivity contribution < 1.29 is 26.0 Å². The molecule has 3 rings (SSSR count). The van der Waals surface area contributed by atoms with Crippen molar-refractivity contribution >= 4 is 10.0 Å². The van der Waals surface area contributed by atoms with Gasteiger partial charge >= 0.3 is 6.18 Å². The molecule has 27 heavy (non-hydrogen) atoms. The Morgan fingerprint density at radius 3 is 2.33 bits per heavy atom. The first-order valence-electron chi connectivity index (χ1n) is 8.23. The normalized spacial score (nSPS) is 20.0. The van der Waals surface area contributed by atoms with Crippen molar-refractivity contribution in [1.82, 2.24) is 9.21 Å². The van der Waals surface area contributed by atoms with Crippen LogP contribution in [-0.4, -0.2) is 44.3 Å². The van der Waals surface area contributed by atoms with Gasteiger partial charge in [-0.15, -0.1) is 0 Å². The fraction of sp³-hybridized carbons (Fsp3) is 0.333. The first-order valence-corrected chi connectivity index (χ1v) is 9.67. The summed E-state index contributed by atoms with van der Waals surface area (Å²) < 4.78 is 80.4. The van der Waals surface area contributed by atoms with Crippen LogP contribution in [0.1, 0.15) is 17.2 Å². The largest absolute Gasteiger partial charge is 0.416 e. The molecular weight excluding hydrogens is 384 g/mol. The van der Waals surface area contributed by atoms with Crippen molar-refractivity contribution in [2.75, 3.05) is 26.7 Å². The summed E-state index contributed by atoms with van der Waals surface area (Å²) >= 11 is 0. The van der Waals surface area contributed by atoms with Crippen molar-refractivity contribution in [2.24, 2.45) is 0 Å². The molecule has 0 N–H and O–H groups in total. The molecule has 1 saturated heterocycles. The maximum atomic E-state index is 14.2. The third kappa shape index (κ3) is 3.99. The van der Waals surface area contributed by atoms with Crippen LogP contribution < -0.4 is 0 Å². The number of nitrogens with zero attached hydrogens (tertiary/aromatic N) is 2. The summed E-state index contributed by atoms with van der Waals surface area (Å²) in [4.78, 5) is 0.967. The Labute approximate surface area is 155 Å². The highest BCUT2D eigenvalue weighted by Gasteiger charge is 2.39. The number of alkyl halides is 3. The Kier molecular flexibility index (Phi) is 5.29. The van der Waals surface area contributed by atoms with Crippen LogP contribution in [0.4, 0.5) is 17.6 Å². The van der Waals surface area contributed by atoms with Gasteiger partial charge in [0.15, 0.2) is 0 Å². The Bertz CT molecular complexity index is 917. The lowest BCUT2D eigenvalue weighted by Crippen LogP contribution is -2.49. The standard InChI is InChI=1S/C18H18F4N2O2S/c1-23-9-10-24(16(12-23)13-5-3-2-4-6-13)27(25,26)17-11-14(18(20,21)22)7-8-15(17)19/h2-8,11,16H,9-10,12H2,1H3. The fourth-order valence-electron chi connectivity index (χ4n) is 3.14. The summed E-state index contributed by atoms with van der Waals surface area (Å²) in [6.07, 6.45) is -4.76. The van der Waals surface area contributed by atoms with Crippen LogP contribution in [0.15, 0.2) is 53.4 Å². The molecule has 1 aliphatic heterocycles. The van der Waals surface area contributed by atoms with E-state index >= 15 is 0 Å². The van der Waals surface area contributed by atoms with E-state index in [0.717, 1.165) is 4.31 Å². The van der Waals surface area contributed by atoms with Gasteiger partial charge in [-0.3, -0.25) is 0 Å². The topological polar surface area (TPSA) is 40.6 Å². The van der Waals surface area contributed by atoms with Crippen LogP contribution >= 0.6 is 0 Å². The third-order valence-corrected chi connectivity index (χ3v) is 6.49. The summed E-state index contributed by atoms with van der Waals surface area (Å²) in [7, 11) is -2.64. The molecule has 0 bridgehead atoms. The zero-order valence-electron chi connectivity index (χ0n) is 14.4. The molecule has 2 aromatic rings. The molecule has 9 heteroatoms. The van der Waals surface area contributed by atoms with Gasteiger partial charge < -0.3 is 4.90 Å². The minimum Gasteiger partial charge on any atom is -0.303 e. The fourth-order valence-corrected chi connectivity index (χ4v) is 4.83. The molecular formula is C18H18F4N2O2S. The molecule has 1 atom stereocenters. The van der Waals surface area contributed by atoms with E-state index in [-0.39, 0.29) is 6.54 Å². The van der Waals surface area contributed by atoms with E-state index in [9.17, 15) is 26.0 Å². The van der Waals surface area contributed by atoms with E-state index in [0.29, 0.717) is 36.9 Å². The zero-order chi connectivity index (χ0) is 19.8. The monoisotopic (exact) mass is 402 g/mol. The van der Waals surface area contributed by atoms with Crippen molar-refractivity contribution in [1.29, 1.82) is 0 Å². The summed E-state index contributed by atoms with van der Waals surface area (Å²) in [6.45, 7) is 0.793. The van der Waals surface area contributed by atoms with Gasteiger partial charge in [0.05, 0.1) is 11.6 Å². The first-order chi connectivity index (χ1) is 12.6.